The van der Waals surface area contributed by atoms with Crippen LogP contribution in [-0.2, 0) is 16.6 Å². The van der Waals surface area contributed by atoms with Crippen molar-refractivity contribution in [3.05, 3.63) is 11.7 Å². The first-order valence-corrected chi connectivity index (χ1v) is 8.60. The maximum Gasteiger partial charge on any atom is 0.223 e. The van der Waals surface area contributed by atoms with E-state index in [1.54, 1.807) is 6.92 Å². The highest BCUT2D eigenvalue weighted by atomic mass is 32.2. The highest BCUT2D eigenvalue weighted by Gasteiger charge is 2.38. The molecule has 1 aliphatic carbocycles. The molecule has 7 nitrogen and oxygen atoms in total. The van der Waals surface area contributed by atoms with Gasteiger partial charge >= 0.3 is 0 Å². The summed E-state index contributed by atoms with van der Waals surface area (Å²) in [4.78, 5) is 6.14. The zero-order valence-electron chi connectivity index (χ0n) is 11.6. The van der Waals surface area contributed by atoms with Crippen molar-refractivity contribution in [2.45, 2.75) is 50.4 Å². The first kappa shape index (κ1) is 14.0. The van der Waals surface area contributed by atoms with Crippen molar-refractivity contribution in [2.75, 3.05) is 13.1 Å². The molecule has 0 aromatic carbocycles. The van der Waals surface area contributed by atoms with Crippen LogP contribution in [0.5, 0.6) is 0 Å². The van der Waals surface area contributed by atoms with Gasteiger partial charge in [-0.25, -0.2) is 13.1 Å². The summed E-state index contributed by atoms with van der Waals surface area (Å²) in [7, 11) is -3.18. The Morgan fingerprint density at radius 1 is 1.35 bits per heavy atom. The van der Waals surface area contributed by atoms with Crippen LogP contribution in [-0.4, -0.2) is 47.8 Å². The van der Waals surface area contributed by atoms with Gasteiger partial charge in [0, 0.05) is 26.1 Å². The largest absolute Gasteiger partial charge is 0.340 e. The van der Waals surface area contributed by atoms with Crippen LogP contribution in [0.3, 0.4) is 0 Å². The zero-order chi connectivity index (χ0) is 14.2. The van der Waals surface area contributed by atoms with Gasteiger partial charge in [0.25, 0.3) is 0 Å². The fourth-order valence-electron chi connectivity index (χ4n) is 2.83. The molecule has 0 bridgehead atoms. The molecule has 1 N–H and O–H groups in total. The highest BCUT2D eigenvalue weighted by molar-refractivity contribution is 7.90. The predicted octanol–water partition coefficient (Wildman–Crippen LogP) is 0.424. The third-order valence-corrected chi connectivity index (χ3v) is 5.82. The van der Waals surface area contributed by atoms with E-state index in [2.05, 4.69) is 14.9 Å². The van der Waals surface area contributed by atoms with E-state index in [0.29, 0.717) is 31.3 Å². The Balaban J connectivity index is 1.49. The van der Waals surface area contributed by atoms with Crippen molar-refractivity contribution >= 4 is 10.0 Å². The minimum atomic E-state index is -3.18. The molecule has 0 radical (unpaired) electrons. The molecule has 0 unspecified atom stereocenters. The topological polar surface area (TPSA) is 88.3 Å². The molecule has 2 aliphatic rings. The van der Waals surface area contributed by atoms with E-state index in [0.717, 1.165) is 25.7 Å². The summed E-state index contributed by atoms with van der Waals surface area (Å²) in [6.07, 6.45) is 4.19. The van der Waals surface area contributed by atoms with E-state index >= 15 is 0 Å². The molecule has 112 valence electrons. The van der Waals surface area contributed by atoms with E-state index in [1.165, 1.54) is 0 Å². The average molecular weight is 300 g/mol. The minimum absolute atomic E-state index is 0.147. The van der Waals surface area contributed by atoms with Gasteiger partial charge in [-0.1, -0.05) is 18.0 Å². The Morgan fingerprint density at radius 2 is 2.05 bits per heavy atom. The SMILES string of the molecule is Cc1nc(CN2CC(S(=O)(=O)NC3CCCC3)C2)no1. The smallest absolute Gasteiger partial charge is 0.223 e. The lowest BCUT2D eigenvalue weighted by molar-refractivity contribution is 0.168. The number of nitrogens with zero attached hydrogens (tertiary/aromatic N) is 3. The van der Waals surface area contributed by atoms with Crippen molar-refractivity contribution < 1.29 is 12.9 Å². The van der Waals surface area contributed by atoms with Gasteiger partial charge in [0.15, 0.2) is 5.82 Å². The Morgan fingerprint density at radius 3 is 2.65 bits per heavy atom. The summed E-state index contributed by atoms with van der Waals surface area (Å²) >= 11 is 0. The van der Waals surface area contributed by atoms with E-state index in [9.17, 15) is 8.42 Å². The summed E-state index contributed by atoms with van der Waals surface area (Å²) in [5.74, 6) is 1.15. The lowest BCUT2D eigenvalue weighted by Crippen LogP contribution is -2.58. The van der Waals surface area contributed by atoms with Gasteiger partial charge in [-0.3, -0.25) is 4.90 Å². The second-order valence-electron chi connectivity index (χ2n) is 5.69. The molecular formula is C12H20N4O3S. The molecular weight excluding hydrogens is 280 g/mol. The minimum Gasteiger partial charge on any atom is -0.340 e. The maximum absolute atomic E-state index is 12.2. The number of hydrogen-bond acceptors (Lipinski definition) is 6. The summed E-state index contributed by atoms with van der Waals surface area (Å²) in [5.41, 5.74) is 0. The average Bonchev–Trinajstić information content (AvgIpc) is 2.94. The van der Waals surface area contributed by atoms with Crippen LogP contribution >= 0.6 is 0 Å². The number of likely N-dealkylation sites (tertiary alicyclic amines) is 1. The Labute approximate surface area is 118 Å². The molecule has 0 atom stereocenters. The summed E-state index contributed by atoms with van der Waals surface area (Å²) in [5, 5.41) is 3.51. The van der Waals surface area contributed by atoms with E-state index in [1.807, 2.05) is 4.90 Å². The first-order chi connectivity index (χ1) is 9.53. The van der Waals surface area contributed by atoms with Crippen LogP contribution in [0, 0.1) is 6.92 Å². The molecule has 3 rings (SSSR count). The van der Waals surface area contributed by atoms with Crippen LogP contribution in [0.2, 0.25) is 0 Å². The molecule has 2 heterocycles. The van der Waals surface area contributed by atoms with Crippen molar-refractivity contribution in [3.63, 3.8) is 0 Å². The van der Waals surface area contributed by atoms with Crippen molar-refractivity contribution in [1.82, 2.24) is 19.8 Å². The molecule has 1 aromatic heterocycles. The summed E-state index contributed by atoms with van der Waals surface area (Å²) in [6.45, 7) is 3.36. The fraction of sp³-hybridized carbons (Fsp3) is 0.833. The van der Waals surface area contributed by atoms with E-state index in [-0.39, 0.29) is 11.3 Å². The van der Waals surface area contributed by atoms with Crippen molar-refractivity contribution in [3.8, 4) is 0 Å². The molecule has 1 saturated carbocycles. The van der Waals surface area contributed by atoms with Gasteiger partial charge in [-0.05, 0) is 12.8 Å². The maximum atomic E-state index is 12.2. The zero-order valence-corrected chi connectivity index (χ0v) is 12.4. The second-order valence-corrected chi connectivity index (χ2v) is 7.68. The molecule has 2 fully saturated rings. The fourth-order valence-corrected chi connectivity index (χ4v) is 4.53. The molecule has 20 heavy (non-hydrogen) atoms. The van der Waals surface area contributed by atoms with Crippen LogP contribution in [0.25, 0.3) is 0 Å². The molecule has 1 aliphatic heterocycles. The monoisotopic (exact) mass is 300 g/mol. The Hall–Kier alpha value is -0.990. The number of aryl methyl sites for hydroxylation is 1. The van der Waals surface area contributed by atoms with Crippen molar-refractivity contribution in [2.24, 2.45) is 0 Å². The van der Waals surface area contributed by atoms with Crippen molar-refractivity contribution in [1.29, 1.82) is 0 Å². The quantitative estimate of drug-likeness (QED) is 0.848. The molecule has 1 aromatic rings. The lowest BCUT2D eigenvalue weighted by atomic mass is 10.2. The first-order valence-electron chi connectivity index (χ1n) is 7.05. The van der Waals surface area contributed by atoms with Gasteiger partial charge in [0.2, 0.25) is 15.9 Å². The highest BCUT2D eigenvalue weighted by Crippen LogP contribution is 2.22. The lowest BCUT2D eigenvalue weighted by Gasteiger charge is -2.38. The third kappa shape index (κ3) is 3.02. The number of aromatic nitrogens is 2. The van der Waals surface area contributed by atoms with Gasteiger partial charge in [-0.2, -0.15) is 4.98 Å². The third-order valence-electron chi connectivity index (χ3n) is 3.98. The Kier molecular flexibility index (Phi) is 3.78. The number of hydrogen-bond donors (Lipinski definition) is 1. The van der Waals surface area contributed by atoms with Crippen LogP contribution in [0.4, 0.5) is 0 Å². The standard InChI is InChI=1S/C12H20N4O3S/c1-9-13-12(14-19-9)8-16-6-11(7-16)20(17,18)15-10-4-2-3-5-10/h10-11,15H,2-8H2,1H3. The van der Waals surface area contributed by atoms with Crippen LogP contribution in [0.1, 0.15) is 37.4 Å². The van der Waals surface area contributed by atoms with Gasteiger partial charge in [0.1, 0.15) is 5.25 Å². The molecule has 1 saturated heterocycles. The molecule has 0 amide bonds. The number of rotatable bonds is 5. The summed E-state index contributed by atoms with van der Waals surface area (Å²) in [6, 6.07) is 0.147. The normalized spacial score (nSPS) is 22.2. The summed E-state index contributed by atoms with van der Waals surface area (Å²) < 4.78 is 32.1. The van der Waals surface area contributed by atoms with E-state index in [4.69, 9.17) is 4.52 Å². The van der Waals surface area contributed by atoms with Crippen LogP contribution in [0.15, 0.2) is 4.52 Å². The molecule has 0 spiro atoms. The second kappa shape index (κ2) is 5.42. The van der Waals surface area contributed by atoms with Gasteiger partial charge < -0.3 is 4.52 Å². The van der Waals surface area contributed by atoms with Gasteiger partial charge in [0.05, 0.1) is 6.54 Å². The van der Waals surface area contributed by atoms with Gasteiger partial charge in [-0.15, -0.1) is 0 Å². The van der Waals surface area contributed by atoms with E-state index < -0.39 is 10.0 Å². The predicted molar refractivity (Wildman–Crippen MR) is 72.4 cm³/mol. The number of nitrogens with one attached hydrogen (secondary N) is 1. The van der Waals surface area contributed by atoms with Crippen LogP contribution < -0.4 is 4.72 Å². The Bertz CT molecular complexity index is 559. The molecule has 8 heteroatoms. The number of sulfonamides is 1.